The van der Waals surface area contributed by atoms with E-state index in [0.29, 0.717) is 10.6 Å². The monoisotopic (exact) mass is 1120 g/mol. The molecule has 1 fully saturated rings. The highest BCUT2D eigenvalue weighted by molar-refractivity contribution is 9.48. The first-order valence-corrected chi connectivity index (χ1v) is 26.9. The van der Waals surface area contributed by atoms with Gasteiger partial charge in [-0.3, -0.25) is 0 Å². The molecule has 0 saturated carbocycles. The minimum atomic E-state index is -8.00. The maximum atomic E-state index is 14.0. The van der Waals surface area contributed by atoms with Gasteiger partial charge in [0.15, 0.2) is 0 Å². The summed E-state index contributed by atoms with van der Waals surface area (Å²) in [5.41, 5.74) is 0. The van der Waals surface area contributed by atoms with E-state index >= 15 is 0 Å². The Kier molecular flexibility index (Phi) is 16.6. The quantitative estimate of drug-likeness (QED) is 0.0660. The van der Waals surface area contributed by atoms with E-state index in [1.54, 1.807) is 0 Å². The zero-order valence-electron chi connectivity index (χ0n) is 31.4. The maximum absolute atomic E-state index is 14.0. The zero-order valence-corrected chi connectivity index (χ0v) is 36.5. The van der Waals surface area contributed by atoms with Crippen molar-refractivity contribution in [2.24, 2.45) is 0 Å². The molecule has 2 aromatic rings. The maximum Gasteiger partial charge on any atom is 0.460 e. The lowest BCUT2D eigenvalue weighted by molar-refractivity contribution is -0.440. The van der Waals surface area contributed by atoms with Gasteiger partial charge in [-0.1, -0.05) is 45.6 Å². The average Bonchev–Trinajstić information content (AvgIpc) is 3.15. The van der Waals surface area contributed by atoms with Crippen molar-refractivity contribution in [2.75, 3.05) is 13.2 Å². The SMILES string of the molecule is FC(F)(F)C(F)(F)C(F)(F)C(F)(F)C(F)(F)C(F)(F)CCCCOc1ccc(P2(=S)SP(=S)(c3ccc(OCCCCC(F)(F)C(F)(F)C(F)(F)C(F)(F)C(F)(F)C(F)(F)F)cc3)S2)cc1. The van der Waals surface area contributed by atoms with Crippen LogP contribution in [0.3, 0.4) is 0 Å². The van der Waals surface area contributed by atoms with E-state index in [0.717, 1.165) is 0 Å². The van der Waals surface area contributed by atoms with E-state index in [2.05, 4.69) is 0 Å². The molecule has 1 heterocycles. The van der Waals surface area contributed by atoms with Gasteiger partial charge in [-0.05, 0) is 74.2 Å². The molecule has 0 spiro atoms. The van der Waals surface area contributed by atoms with Crippen molar-refractivity contribution in [1.29, 1.82) is 0 Å². The van der Waals surface area contributed by atoms with Crippen molar-refractivity contribution in [3.05, 3.63) is 48.5 Å². The van der Waals surface area contributed by atoms with Crippen molar-refractivity contribution < 1.29 is 124 Å². The third-order valence-corrected chi connectivity index (χ3v) is 40.3. The fourth-order valence-electron chi connectivity index (χ4n) is 5.12. The largest absolute Gasteiger partial charge is 0.494 e. The Morgan fingerprint density at radius 2 is 0.591 bits per heavy atom. The van der Waals surface area contributed by atoms with Gasteiger partial charge in [0.2, 0.25) is 0 Å². The molecular formula is C32H24F26O2P2S4. The van der Waals surface area contributed by atoms with E-state index in [9.17, 15) is 114 Å². The number of unbranched alkanes of at least 4 members (excludes halogenated alkanes) is 2. The molecule has 34 heteroatoms. The standard InChI is InChI=1S/C32H24F26O2P2S4/c33-21(34,23(37,38)25(41,42)27(45,46)29(49,50)31(53,54)55)13-1-3-15-59-17-5-9-19(10-6-17)61(63)65-62(64,66-61)20-11-7-18(8-12-20)60-16-4-2-14-22(35,36)24(39,40)26(43,44)28(47,48)30(51,52)32(56,57)58/h5-12H,1-4,13-16H2. The number of rotatable bonds is 22. The normalized spacial score (nSPS) is 20.3. The first kappa shape index (κ1) is 58.5. The second kappa shape index (κ2) is 18.8. The summed E-state index contributed by atoms with van der Waals surface area (Å²) in [6.45, 7) is -1.22. The van der Waals surface area contributed by atoms with Crippen LogP contribution >= 0.6 is 30.9 Å². The third kappa shape index (κ3) is 10.3. The zero-order chi connectivity index (χ0) is 51.5. The molecule has 0 aromatic heterocycles. The minimum absolute atomic E-state index is 0.00593. The van der Waals surface area contributed by atoms with Crippen LogP contribution in [0.2, 0.25) is 0 Å². The van der Waals surface area contributed by atoms with E-state index in [1.807, 2.05) is 0 Å². The summed E-state index contributed by atoms with van der Waals surface area (Å²) in [6, 6.07) is 11.0. The second-order valence-corrected chi connectivity index (χ2v) is 35.0. The first-order valence-electron chi connectivity index (χ1n) is 17.3. The van der Waals surface area contributed by atoms with Gasteiger partial charge in [-0.15, -0.1) is 0 Å². The molecule has 1 aliphatic heterocycles. The highest BCUT2D eigenvalue weighted by Crippen LogP contribution is 3.04. The van der Waals surface area contributed by atoms with Gasteiger partial charge in [0.25, 0.3) is 0 Å². The lowest BCUT2D eigenvalue weighted by Crippen LogP contribution is -2.70. The second-order valence-electron chi connectivity index (χ2n) is 13.8. The highest BCUT2D eigenvalue weighted by atomic mass is 33.7. The molecule has 0 bridgehead atoms. The fourth-order valence-corrected chi connectivity index (χ4v) is 47.4. The van der Waals surface area contributed by atoms with Gasteiger partial charge in [0.1, 0.15) is 11.5 Å². The molecule has 0 aliphatic carbocycles. The van der Waals surface area contributed by atoms with Gasteiger partial charge in [0.05, 0.1) is 22.1 Å². The van der Waals surface area contributed by atoms with Gasteiger partial charge in [-0.25, -0.2) is 0 Å². The number of hydrogen-bond donors (Lipinski definition) is 0. The smallest absolute Gasteiger partial charge is 0.460 e. The number of halogens is 26. The summed E-state index contributed by atoms with van der Waals surface area (Å²) in [6.07, 6.45) is -23.5. The summed E-state index contributed by atoms with van der Waals surface area (Å²) >= 11 is 13.9. The van der Waals surface area contributed by atoms with E-state index < -0.39 is 132 Å². The van der Waals surface area contributed by atoms with Gasteiger partial charge < -0.3 is 9.47 Å². The Morgan fingerprint density at radius 3 is 0.833 bits per heavy atom. The van der Waals surface area contributed by atoms with Crippen LogP contribution < -0.4 is 20.1 Å². The van der Waals surface area contributed by atoms with Crippen molar-refractivity contribution in [3.63, 3.8) is 0 Å². The molecular weight excluding hydrogens is 1100 g/mol. The summed E-state index contributed by atoms with van der Waals surface area (Å²) in [5.74, 6) is -74.6. The molecule has 0 atom stereocenters. The molecule has 0 N–H and O–H groups in total. The summed E-state index contributed by atoms with van der Waals surface area (Å²) in [4.78, 5) is 0. The van der Waals surface area contributed by atoms with Crippen LogP contribution in [0, 0.1) is 0 Å². The molecule has 66 heavy (non-hydrogen) atoms. The first-order chi connectivity index (χ1) is 29.3. The third-order valence-electron chi connectivity index (χ3n) is 9.04. The predicted molar refractivity (Wildman–Crippen MR) is 196 cm³/mol. The predicted octanol–water partition coefficient (Wildman–Crippen LogP) is 15.3. The van der Waals surface area contributed by atoms with Crippen molar-refractivity contribution in [3.8, 4) is 11.5 Å². The number of alkyl halides is 26. The van der Waals surface area contributed by atoms with Gasteiger partial charge >= 0.3 is 71.6 Å². The van der Waals surface area contributed by atoms with Crippen LogP contribution in [-0.2, 0) is 23.6 Å². The average molecular weight is 1120 g/mol. The minimum Gasteiger partial charge on any atom is -0.494 e. The van der Waals surface area contributed by atoms with E-state index in [1.165, 1.54) is 70.5 Å². The van der Waals surface area contributed by atoms with Crippen LogP contribution in [0.4, 0.5) is 114 Å². The van der Waals surface area contributed by atoms with E-state index in [-0.39, 0.29) is 11.5 Å². The Hall–Kier alpha value is -1.78. The molecule has 380 valence electrons. The lowest BCUT2D eigenvalue weighted by atomic mass is 9.92. The Labute approximate surface area is 371 Å². The summed E-state index contributed by atoms with van der Waals surface area (Å²) in [7, 11) is 0. The molecule has 1 saturated heterocycles. The Morgan fingerprint density at radius 1 is 0.348 bits per heavy atom. The molecule has 2 nitrogen and oxygen atoms in total. The number of benzene rings is 2. The molecule has 0 amide bonds. The van der Waals surface area contributed by atoms with Crippen molar-refractivity contribution >= 4 is 65.1 Å². The molecule has 0 radical (unpaired) electrons. The summed E-state index contributed by atoms with van der Waals surface area (Å²) < 4.78 is 351. The van der Waals surface area contributed by atoms with Gasteiger partial charge in [-0.2, -0.15) is 114 Å². The Balaban J connectivity index is 1.50. The van der Waals surface area contributed by atoms with Gasteiger partial charge in [0, 0.05) is 23.5 Å². The lowest BCUT2D eigenvalue weighted by Gasteiger charge is -2.40. The topological polar surface area (TPSA) is 18.5 Å². The summed E-state index contributed by atoms with van der Waals surface area (Å²) in [5, 5.41) is 1.08. The highest BCUT2D eigenvalue weighted by Gasteiger charge is 2.92. The molecule has 2 aromatic carbocycles. The van der Waals surface area contributed by atoms with E-state index in [4.69, 9.17) is 33.1 Å². The molecule has 1 aliphatic rings. The van der Waals surface area contributed by atoms with Crippen LogP contribution in [0.25, 0.3) is 0 Å². The molecule has 0 unspecified atom stereocenters. The van der Waals surface area contributed by atoms with Crippen LogP contribution in [-0.4, -0.2) is 84.8 Å². The number of hydrogen-bond acceptors (Lipinski definition) is 6. The number of ether oxygens (including phenoxy) is 2. The Bertz CT molecular complexity index is 1930. The molecule has 3 rings (SSSR count). The van der Waals surface area contributed by atoms with Crippen molar-refractivity contribution in [2.45, 2.75) is 110 Å². The van der Waals surface area contributed by atoms with Crippen LogP contribution in [0.5, 0.6) is 11.5 Å². The van der Waals surface area contributed by atoms with Crippen molar-refractivity contribution in [1.82, 2.24) is 0 Å². The fraction of sp³-hybridized carbons (Fsp3) is 0.625. The van der Waals surface area contributed by atoms with Crippen LogP contribution in [0.1, 0.15) is 38.5 Å². The van der Waals surface area contributed by atoms with Crippen LogP contribution in [0.15, 0.2) is 48.5 Å².